The fourth-order valence-corrected chi connectivity index (χ4v) is 3.88. The number of benzene rings is 3. The lowest BCUT2D eigenvalue weighted by Crippen LogP contribution is -2.32. The van der Waals surface area contributed by atoms with Gasteiger partial charge in [0, 0.05) is 17.2 Å². The Kier molecular flexibility index (Phi) is 3.27. The normalized spacial score (nSPS) is 15.1. The minimum Gasteiger partial charge on any atom is -0.341 e. The van der Waals surface area contributed by atoms with Gasteiger partial charge in [-0.05, 0) is 28.5 Å². The first-order valence-corrected chi connectivity index (χ1v) is 8.53. The van der Waals surface area contributed by atoms with Crippen LogP contribution >= 0.6 is 0 Å². The van der Waals surface area contributed by atoms with Crippen LogP contribution in [0.25, 0.3) is 10.8 Å². The molecule has 132 valence electrons. The highest BCUT2D eigenvalue weighted by molar-refractivity contribution is 5.94. The third-order valence-electron chi connectivity index (χ3n) is 5.00. The van der Waals surface area contributed by atoms with Crippen molar-refractivity contribution in [1.29, 1.82) is 0 Å². The second-order valence-electron chi connectivity index (χ2n) is 6.52. The number of nitrogens with one attached hydrogen (secondary N) is 3. The van der Waals surface area contributed by atoms with Crippen molar-refractivity contribution in [3.05, 3.63) is 104 Å². The maximum Gasteiger partial charge on any atom is 0.327 e. The Hall–Kier alpha value is -3.67. The van der Waals surface area contributed by atoms with Crippen LogP contribution in [0.1, 0.15) is 22.6 Å². The first kappa shape index (κ1) is 15.6. The summed E-state index contributed by atoms with van der Waals surface area (Å²) in [5.41, 5.74) is 1.08. The van der Waals surface area contributed by atoms with Crippen LogP contribution in [0.15, 0.2) is 70.3 Å². The summed E-state index contributed by atoms with van der Waals surface area (Å²) in [6.07, 6.45) is 0. The Bertz CT molecular complexity index is 1320. The first-order valence-electron chi connectivity index (χ1n) is 8.53. The number of hydrogen-bond acceptors (Lipinski definition) is 3. The van der Waals surface area contributed by atoms with Gasteiger partial charge >= 0.3 is 5.69 Å². The van der Waals surface area contributed by atoms with E-state index in [4.69, 9.17) is 0 Å². The van der Waals surface area contributed by atoms with Gasteiger partial charge in [0.25, 0.3) is 5.56 Å². The van der Waals surface area contributed by atoms with E-state index in [0.717, 1.165) is 22.0 Å². The Balaban J connectivity index is 1.94. The van der Waals surface area contributed by atoms with Crippen molar-refractivity contribution < 1.29 is 4.39 Å². The Morgan fingerprint density at radius 1 is 0.815 bits per heavy atom. The zero-order valence-electron chi connectivity index (χ0n) is 14.0. The molecule has 0 spiro atoms. The lowest BCUT2D eigenvalue weighted by atomic mass is 9.80. The largest absolute Gasteiger partial charge is 0.341 e. The molecule has 2 heterocycles. The Morgan fingerprint density at radius 3 is 2.44 bits per heavy atom. The maximum atomic E-state index is 14.8. The highest BCUT2D eigenvalue weighted by Crippen LogP contribution is 2.45. The molecule has 4 aromatic rings. The van der Waals surface area contributed by atoms with Crippen LogP contribution in [-0.2, 0) is 0 Å². The summed E-state index contributed by atoms with van der Waals surface area (Å²) in [5.74, 6) is -0.760. The SMILES string of the molecule is O=c1[nH]c2c(c(=O)[nH]1)C(c1ccccc1F)c1c(ccc3ccccc13)N2. The smallest absolute Gasteiger partial charge is 0.327 e. The molecule has 0 saturated carbocycles. The molecule has 0 bridgehead atoms. The van der Waals surface area contributed by atoms with Crippen molar-refractivity contribution in [3.8, 4) is 0 Å². The number of aromatic nitrogens is 2. The van der Waals surface area contributed by atoms with Crippen molar-refractivity contribution in [2.75, 3.05) is 5.32 Å². The molecule has 5 rings (SSSR count). The van der Waals surface area contributed by atoms with E-state index in [1.807, 2.05) is 36.4 Å². The van der Waals surface area contributed by atoms with Crippen molar-refractivity contribution in [2.45, 2.75) is 5.92 Å². The van der Waals surface area contributed by atoms with Crippen LogP contribution in [0.5, 0.6) is 0 Å². The molecule has 0 aliphatic carbocycles. The van der Waals surface area contributed by atoms with E-state index in [1.165, 1.54) is 6.07 Å². The topological polar surface area (TPSA) is 77.8 Å². The summed E-state index contributed by atoms with van der Waals surface area (Å²) >= 11 is 0. The molecule has 27 heavy (non-hydrogen) atoms. The number of fused-ring (bicyclic) bond motifs is 4. The number of H-pyrrole nitrogens is 2. The zero-order chi connectivity index (χ0) is 18.5. The lowest BCUT2D eigenvalue weighted by Gasteiger charge is -2.29. The summed E-state index contributed by atoms with van der Waals surface area (Å²) in [7, 11) is 0. The second-order valence-corrected chi connectivity index (χ2v) is 6.52. The predicted octanol–water partition coefficient (Wildman–Crippen LogP) is 3.59. The molecule has 0 amide bonds. The van der Waals surface area contributed by atoms with Crippen LogP contribution in [0.2, 0.25) is 0 Å². The average Bonchev–Trinajstić information content (AvgIpc) is 2.66. The van der Waals surface area contributed by atoms with Crippen LogP contribution in [0.3, 0.4) is 0 Å². The molecule has 1 aliphatic heterocycles. The van der Waals surface area contributed by atoms with Crippen molar-refractivity contribution in [3.63, 3.8) is 0 Å². The molecule has 1 unspecified atom stereocenters. The van der Waals surface area contributed by atoms with Gasteiger partial charge in [-0.25, -0.2) is 9.18 Å². The third kappa shape index (κ3) is 2.30. The quantitative estimate of drug-likeness (QED) is 0.428. The van der Waals surface area contributed by atoms with Gasteiger partial charge in [-0.15, -0.1) is 0 Å². The van der Waals surface area contributed by atoms with Gasteiger partial charge in [0.05, 0.1) is 5.56 Å². The first-order chi connectivity index (χ1) is 13.1. The molecule has 0 radical (unpaired) electrons. The van der Waals surface area contributed by atoms with Gasteiger partial charge in [-0.2, -0.15) is 0 Å². The highest BCUT2D eigenvalue weighted by Gasteiger charge is 2.33. The van der Waals surface area contributed by atoms with Crippen LogP contribution < -0.4 is 16.6 Å². The van der Waals surface area contributed by atoms with E-state index in [-0.39, 0.29) is 0 Å². The zero-order valence-corrected chi connectivity index (χ0v) is 14.0. The standard InChI is InChI=1S/C21H14FN3O2/c22-14-8-4-3-7-13(14)17-16-12-6-2-1-5-11(12)9-10-15(16)23-19-18(17)20(26)25-21(27)24-19/h1-10,17H,(H3,23,24,25,26,27). The minimum absolute atomic E-state index is 0.291. The molecule has 1 aliphatic rings. The summed E-state index contributed by atoms with van der Waals surface area (Å²) in [6.45, 7) is 0. The second kappa shape index (κ2) is 5.67. The number of rotatable bonds is 1. The molecule has 5 nitrogen and oxygen atoms in total. The van der Waals surface area contributed by atoms with Gasteiger partial charge in [-0.3, -0.25) is 14.8 Å². The third-order valence-corrected chi connectivity index (χ3v) is 5.00. The molecule has 3 N–H and O–H groups in total. The van der Waals surface area contributed by atoms with E-state index in [2.05, 4.69) is 15.3 Å². The number of hydrogen-bond donors (Lipinski definition) is 3. The molecule has 0 fully saturated rings. The summed E-state index contributed by atoms with van der Waals surface area (Å²) < 4.78 is 14.8. The molecular weight excluding hydrogens is 345 g/mol. The number of halogens is 1. The number of anilines is 2. The van der Waals surface area contributed by atoms with Crippen molar-refractivity contribution in [1.82, 2.24) is 9.97 Å². The molecular formula is C21H14FN3O2. The summed E-state index contributed by atoms with van der Waals surface area (Å²) in [6, 6.07) is 18.0. The van der Waals surface area contributed by atoms with Crippen LogP contribution in [-0.4, -0.2) is 9.97 Å². The highest BCUT2D eigenvalue weighted by atomic mass is 19.1. The maximum absolute atomic E-state index is 14.8. The van der Waals surface area contributed by atoms with Crippen LogP contribution in [0.4, 0.5) is 15.9 Å². The van der Waals surface area contributed by atoms with Gasteiger partial charge in [0.15, 0.2) is 0 Å². The average molecular weight is 359 g/mol. The molecule has 0 saturated heterocycles. The monoisotopic (exact) mass is 359 g/mol. The Morgan fingerprint density at radius 2 is 1.59 bits per heavy atom. The fraction of sp³-hybridized carbons (Fsp3) is 0.0476. The van der Waals surface area contributed by atoms with E-state index in [9.17, 15) is 14.0 Å². The molecule has 1 atom stereocenters. The van der Waals surface area contributed by atoms with Gasteiger partial charge in [-0.1, -0.05) is 48.5 Å². The van der Waals surface area contributed by atoms with E-state index in [0.29, 0.717) is 16.9 Å². The summed E-state index contributed by atoms with van der Waals surface area (Å²) in [5, 5.41) is 5.05. The number of aromatic amines is 2. The fourth-order valence-electron chi connectivity index (χ4n) is 3.88. The minimum atomic E-state index is -0.649. The Labute approximate surface area is 152 Å². The predicted molar refractivity (Wildman–Crippen MR) is 102 cm³/mol. The van der Waals surface area contributed by atoms with Gasteiger partial charge in [0.2, 0.25) is 0 Å². The van der Waals surface area contributed by atoms with Crippen molar-refractivity contribution >= 4 is 22.3 Å². The lowest BCUT2D eigenvalue weighted by molar-refractivity contribution is 0.606. The van der Waals surface area contributed by atoms with Crippen LogP contribution in [0, 0.1) is 5.82 Å². The van der Waals surface area contributed by atoms with E-state index < -0.39 is 23.0 Å². The van der Waals surface area contributed by atoms with Crippen molar-refractivity contribution in [2.24, 2.45) is 0 Å². The van der Waals surface area contributed by atoms with Gasteiger partial charge in [0.1, 0.15) is 11.6 Å². The molecule has 1 aromatic heterocycles. The van der Waals surface area contributed by atoms with E-state index in [1.54, 1.807) is 18.2 Å². The summed E-state index contributed by atoms with van der Waals surface area (Å²) in [4.78, 5) is 29.4. The molecule has 3 aromatic carbocycles. The van der Waals surface area contributed by atoms with E-state index >= 15 is 0 Å². The molecule has 6 heteroatoms. The van der Waals surface area contributed by atoms with Gasteiger partial charge < -0.3 is 5.32 Å².